The molecule has 27 heavy (non-hydrogen) atoms. The highest BCUT2D eigenvalue weighted by Gasteiger charge is 2.29. The van der Waals surface area contributed by atoms with Crippen LogP contribution in [0.1, 0.15) is 30.9 Å². The van der Waals surface area contributed by atoms with Crippen molar-refractivity contribution in [2.75, 3.05) is 13.7 Å². The number of ether oxygens (including phenoxy) is 2. The minimum atomic E-state index is -0.518. The standard InChI is InChI=1S/C21H20ClNO4/c1-3-4-11-26-16-8-5-14(6-9-16)12-18-20(23-27-21(18)24)17-13-15(22)7-10-19(17)25-2/h5-10,12-13H,3-4,11H2,1-2H3/b18-12-. The molecule has 0 saturated heterocycles. The number of carbonyl (C=O) groups is 1. The van der Waals surface area contributed by atoms with Crippen molar-refractivity contribution in [2.24, 2.45) is 5.16 Å². The minimum Gasteiger partial charge on any atom is -0.496 e. The molecule has 0 fully saturated rings. The van der Waals surface area contributed by atoms with Gasteiger partial charge in [-0.1, -0.05) is 42.2 Å². The maximum Gasteiger partial charge on any atom is 0.368 e. The van der Waals surface area contributed by atoms with Gasteiger partial charge in [0.05, 0.1) is 19.3 Å². The number of rotatable bonds is 7. The summed E-state index contributed by atoms with van der Waals surface area (Å²) < 4.78 is 11.0. The van der Waals surface area contributed by atoms with Gasteiger partial charge in [0, 0.05) is 10.6 Å². The lowest BCUT2D eigenvalue weighted by atomic mass is 10.00. The van der Waals surface area contributed by atoms with Gasteiger partial charge in [-0.05, 0) is 48.4 Å². The highest BCUT2D eigenvalue weighted by molar-refractivity contribution is 6.34. The Morgan fingerprint density at radius 3 is 2.67 bits per heavy atom. The van der Waals surface area contributed by atoms with Crippen LogP contribution in [0.2, 0.25) is 5.02 Å². The second kappa shape index (κ2) is 8.73. The number of methoxy groups -OCH3 is 1. The Balaban J connectivity index is 1.87. The zero-order valence-corrected chi connectivity index (χ0v) is 16.0. The zero-order chi connectivity index (χ0) is 19.2. The van der Waals surface area contributed by atoms with E-state index in [1.165, 1.54) is 0 Å². The summed E-state index contributed by atoms with van der Waals surface area (Å²) in [6.07, 6.45) is 3.82. The Bertz CT molecular complexity index is 888. The van der Waals surface area contributed by atoms with Gasteiger partial charge >= 0.3 is 5.97 Å². The molecule has 0 atom stereocenters. The lowest BCUT2D eigenvalue weighted by Gasteiger charge is -2.08. The van der Waals surface area contributed by atoms with E-state index in [9.17, 15) is 4.79 Å². The Labute approximate surface area is 163 Å². The summed E-state index contributed by atoms with van der Waals surface area (Å²) in [6.45, 7) is 2.81. The molecule has 2 aromatic carbocycles. The van der Waals surface area contributed by atoms with Crippen LogP contribution in [0.4, 0.5) is 0 Å². The normalized spacial score (nSPS) is 14.9. The summed E-state index contributed by atoms with van der Waals surface area (Å²) in [4.78, 5) is 17.1. The van der Waals surface area contributed by atoms with E-state index in [4.69, 9.17) is 25.9 Å². The number of unbranched alkanes of at least 4 members (excludes halogenated alkanes) is 1. The smallest absolute Gasteiger partial charge is 0.368 e. The Morgan fingerprint density at radius 2 is 1.96 bits per heavy atom. The summed E-state index contributed by atoms with van der Waals surface area (Å²) in [6, 6.07) is 12.6. The predicted molar refractivity (Wildman–Crippen MR) is 105 cm³/mol. The molecule has 0 radical (unpaired) electrons. The van der Waals surface area contributed by atoms with Crippen LogP contribution in [0, 0.1) is 0 Å². The maximum absolute atomic E-state index is 12.2. The van der Waals surface area contributed by atoms with Crippen LogP contribution in [0.5, 0.6) is 11.5 Å². The molecule has 0 unspecified atom stereocenters. The molecule has 1 aliphatic rings. The van der Waals surface area contributed by atoms with Crippen molar-refractivity contribution in [3.05, 3.63) is 64.2 Å². The highest BCUT2D eigenvalue weighted by Crippen LogP contribution is 2.29. The van der Waals surface area contributed by atoms with Gasteiger partial charge in [0.25, 0.3) is 0 Å². The van der Waals surface area contributed by atoms with Crippen molar-refractivity contribution in [1.82, 2.24) is 0 Å². The monoisotopic (exact) mass is 385 g/mol. The van der Waals surface area contributed by atoms with Gasteiger partial charge in [-0.3, -0.25) is 0 Å². The van der Waals surface area contributed by atoms with E-state index in [0.29, 0.717) is 34.2 Å². The van der Waals surface area contributed by atoms with Crippen LogP contribution >= 0.6 is 11.6 Å². The van der Waals surface area contributed by atoms with Crippen LogP contribution in [-0.2, 0) is 9.63 Å². The lowest BCUT2D eigenvalue weighted by Crippen LogP contribution is -2.08. The molecule has 0 bridgehead atoms. The molecular weight excluding hydrogens is 366 g/mol. The highest BCUT2D eigenvalue weighted by atomic mass is 35.5. The van der Waals surface area contributed by atoms with E-state index < -0.39 is 5.97 Å². The second-order valence-electron chi connectivity index (χ2n) is 5.99. The Hall–Kier alpha value is -2.79. The third kappa shape index (κ3) is 4.49. The number of halogens is 1. The van der Waals surface area contributed by atoms with Gasteiger partial charge < -0.3 is 14.3 Å². The summed E-state index contributed by atoms with van der Waals surface area (Å²) in [5.74, 6) is 0.835. The largest absolute Gasteiger partial charge is 0.496 e. The van der Waals surface area contributed by atoms with Crippen molar-refractivity contribution in [3.63, 3.8) is 0 Å². The van der Waals surface area contributed by atoms with Crippen molar-refractivity contribution < 1.29 is 19.1 Å². The molecular formula is C21H20ClNO4. The van der Waals surface area contributed by atoms with Crippen LogP contribution in [-0.4, -0.2) is 25.4 Å². The van der Waals surface area contributed by atoms with Crippen LogP contribution in [0.25, 0.3) is 6.08 Å². The molecule has 3 rings (SSSR count). The zero-order valence-electron chi connectivity index (χ0n) is 15.2. The fourth-order valence-electron chi connectivity index (χ4n) is 2.63. The van der Waals surface area contributed by atoms with E-state index in [2.05, 4.69) is 12.1 Å². The first-order valence-electron chi connectivity index (χ1n) is 8.70. The molecule has 0 aromatic heterocycles. The molecule has 0 amide bonds. The Kier molecular flexibility index (Phi) is 6.14. The fourth-order valence-corrected chi connectivity index (χ4v) is 2.80. The molecule has 140 valence electrons. The quantitative estimate of drug-likeness (QED) is 0.387. The van der Waals surface area contributed by atoms with Gasteiger partial charge in [0.15, 0.2) is 0 Å². The lowest BCUT2D eigenvalue weighted by molar-refractivity contribution is -0.136. The van der Waals surface area contributed by atoms with E-state index in [0.717, 1.165) is 24.2 Å². The first kappa shape index (κ1) is 19.0. The average molecular weight is 386 g/mol. The fraction of sp³-hybridized carbons (Fsp3) is 0.238. The SMILES string of the molecule is CCCCOc1ccc(/C=C2\C(=O)ON=C2c2cc(Cl)ccc2OC)cc1. The van der Waals surface area contributed by atoms with Crippen molar-refractivity contribution in [3.8, 4) is 11.5 Å². The summed E-state index contributed by atoms with van der Waals surface area (Å²) in [5, 5.41) is 4.43. The first-order valence-corrected chi connectivity index (χ1v) is 9.08. The van der Waals surface area contributed by atoms with Gasteiger partial charge in [0.2, 0.25) is 0 Å². The van der Waals surface area contributed by atoms with E-state index in [1.54, 1.807) is 31.4 Å². The van der Waals surface area contributed by atoms with Crippen molar-refractivity contribution in [2.45, 2.75) is 19.8 Å². The van der Waals surface area contributed by atoms with Gasteiger partial charge in [0.1, 0.15) is 17.2 Å². The molecule has 6 heteroatoms. The minimum absolute atomic E-state index is 0.343. The van der Waals surface area contributed by atoms with E-state index >= 15 is 0 Å². The number of hydrogen-bond donors (Lipinski definition) is 0. The predicted octanol–water partition coefficient (Wildman–Crippen LogP) is 4.87. The molecule has 2 aromatic rings. The third-order valence-corrected chi connectivity index (χ3v) is 4.30. The topological polar surface area (TPSA) is 57.1 Å². The summed E-state index contributed by atoms with van der Waals surface area (Å²) in [7, 11) is 1.55. The van der Waals surface area contributed by atoms with Crippen molar-refractivity contribution >= 4 is 29.4 Å². The molecule has 5 nitrogen and oxygen atoms in total. The average Bonchev–Trinajstić information content (AvgIpc) is 3.03. The number of oxime groups is 1. The number of carbonyl (C=O) groups excluding carboxylic acids is 1. The van der Waals surface area contributed by atoms with Crippen LogP contribution < -0.4 is 9.47 Å². The molecule has 1 aliphatic heterocycles. The first-order chi connectivity index (χ1) is 13.1. The number of hydrogen-bond acceptors (Lipinski definition) is 5. The van der Waals surface area contributed by atoms with E-state index in [-0.39, 0.29) is 0 Å². The van der Waals surface area contributed by atoms with E-state index in [1.807, 2.05) is 24.3 Å². The molecule has 0 saturated carbocycles. The molecule has 0 spiro atoms. The summed E-state index contributed by atoms with van der Waals surface area (Å²) >= 11 is 6.10. The Morgan fingerprint density at radius 1 is 1.19 bits per heavy atom. The number of nitrogens with zero attached hydrogens (tertiary/aromatic N) is 1. The molecule has 1 heterocycles. The van der Waals surface area contributed by atoms with Gasteiger partial charge in [-0.15, -0.1) is 0 Å². The summed E-state index contributed by atoms with van der Waals surface area (Å²) in [5.41, 5.74) is 2.17. The maximum atomic E-state index is 12.2. The molecule has 0 N–H and O–H groups in total. The van der Waals surface area contributed by atoms with Gasteiger partial charge in [-0.2, -0.15) is 0 Å². The third-order valence-electron chi connectivity index (χ3n) is 4.07. The second-order valence-corrected chi connectivity index (χ2v) is 6.43. The van der Waals surface area contributed by atoms with Crippen LogP contribution in [0.3, 0.4) is 0 Å². The van der Waals surface area contributed by atoms with Crippen LogP contribution in [0.15, 0.2) is 53.2 Å². The van der Waals surface area contributed by atoms with Crippen molar-refractivity contribution in [1.29, 1.82) is 0 Å². The number of benzene rings is 2. The molecule has 0 aliphatic carbocycles. The van der Waals surface area contributed by atoms with Gasteiger partial charge in [-0.25, -0.2) is 4.79 Å².